The molecule has 32 heavy (non-hydrogen) atoms. The molecule has 5 rings (SSSR count). The molecular weight excluding hydrogens is 424 g/mol. The Morgan fingerprint density at radius 3 is 2.16 bits per heavy atom. The fraction of sp³-hybridized carbons (Fsp3) is 0.174. The maximum atomic E-state index is 13.2. The predicted octanol–water partition coefficient (Wildman–Crippen LogP) is 2.84. The highest BCUT2D eigenvalue weighted by Crippen LogP contribution is 2.24. The van der Waals surface area contributed by atoms with Crippen LogP contribution in [0.4, 0.5) is 5.82 Å². The molecular formula is C23H22N6O2S. The first-order valence-corrected chi connectivity index (χ1v) is 11.8. The van der Waals surface area contributed by atoms with Crippen molar-refractivity contribution >= 4 is 15.8 Å². The van der Waals surface area contributed by atoms with Crippen LogP contribution < -0.4 is 4.90 Å². The van der Waals surface area contributed by atoms with Gasteiger partial charge in [-0.15, -0.1) is 0 Å². The zero-order chi connectivity index (χ0) is 22.0. The molecule has 0 atom stereocenters. The summed E-state index contributed by atoms with van der Waals surface area (Å²) in [5, 5.41) is 0. The van der Waals surface area contributed by atoms with E-state index in [9.17, 15) is 8.42 Å². The molecule has 0 N–H and O–H groups in total. The van der Waals surface area contributed by atoms with E-state index in [1.807, 2.05) is 59.3 Å². The van der Waals surface area contributed by atoms with Crippen molar-refractivity contribution in [2.45, 2.75) is 4.90 Å². The van der Waals surface area contributed by atoms with Crippen molar-refractivity contribution < 1.29 is 8.42 Å². The molecule has 8 nitrogen and oxygen atoms in total. The molecule has 4 aromatic rings. The molecule has 1 aliphatic heterocycles. The van der Waals surface area contributed by atoms with Gasteiger partial charge in [-0.3, -0.25) is 4.57 Å². The third-order valence-corrected chi connectivity index (χ3v) is 7.48. The Kier molecular flexibility index (Phi) is 5.42. The van der Waals surface area contributed by atoms with Gasteiger partial charge in [-0.2, -0.15) is 4.31 Å². The Labute approximate surface area is 186 Å². The summed E-state index contributed by atoms with van der Waals surface area (Å²) < 4.78 is 29.7. The second-order valence-electron chi connectivity index (χ2n) is 7.49. The molecule has 0 spiro atoms. The maximum Gasteiger partial charge on any atom is 0.243 e. The van der Waals surface area contributed by atoms with Gasteiger partial charge in [-0.1, -0.05) is 42.5 Å². The molecule has 2 aromatic carbocycles. The molecule has 9 heteroatoms. The van der Waals surface area contributed by atoms with E-state index in [1.54, 1.807) is 29.0 Å². The van der Waals surface area contributed by atoms with Gasteiger partial charge in [0.15, 0.2) is 0 Å². The SMILES string of the molecule is O=S(=O)(c1ccc(-c2ccccc2)cc1)N1CCN(c2cc(-n3ccnc3)ncn2)CC1. The molecule has 3 heterocycles. The molecule has 1 aliphatic rings. The smallest absolute Gasteiger partial charge is 0.243 e. The van der Waals surface area contributed by atoms with Gasteiger partial charge in [0.2, 0.25) is 10.0 Å². The van der Waals surface area contributed by atoms with E-state index in [1.165, 1.54) is 6.33 Å². The van der Waals surface area contributed by atoms with Crippen LogP contribution in [0.15, 0.2) is 90.6 Å². The number of imidazole rings is 1. The van der Waals surface area contributed by atoms with Crippen LogP contribution in [0.1, 0.15) is 0 Å². The standard InChI is InChI=1S/C23H22N6O2S/c30-32(31,21-8-6-20(7-9-21)19-4-2-1-3-5-19)29-14-12-27(13-15-29)22-16-23(26-17-25-22)28-11-10-24-18-28/h1-11,16-18H,12-15H2. The van der Waals surface area contributed by atoms with E-state index in [4.69, 9.17) is 0 Å². The number of rotatable bonds is 5. The summed E-state index contributed by atoms with van der Waals surface area (Å²) in [6, 6.07) is 18.9. The quantitative estimate of drug-likeness (QED) is 0.469. The lowest BCUT2D eigenvalue weighted by molar-refractivity contribution is 0.383. The number of sulfonamides is 1. The monoisotopic (exact) mass is 446 g/mol. The third-order valence-electron chi connectivity index (χ3n) is 5.57. The van der Waals surface area contributed by atoms with Crippen molar-refractivity contribution in [2.75, 3.05) is 31.1 Å². The lowest BCUT2D eigenvalue weighted by Gasteiger charge is -2.34. The van der Waals surface area contributed by atoms with E-state index in [0.717, 1.165) is 22.8 Å². The van der Waals surface area contributed by atoms with Crippen molar-refractivity contribution in [1.29, 1.82) is 0 Å². The Morgan fingerprint density at radius 2 is 1.47 bits per heavy atom. The number of anilines is 1. The van der Waals surface area contributed by atoms with Gasteiger partial charge in [0.05, 0.1) is 4.90 Å². The van der Waals surface area contributed by atoms with Gasteiger partial charge in [-0.25, -0.2) is 23.4 Å². The summed E-state index contributed by atoms with van der Waals surface area (Å²) in [5.41, 5.74) is 2.05. The highest BCUT2D eigenvalue weighted by atomic mass is 32.2. The average molecular weight is 447 g/mol. The molecule has 0 unspecified atom stereocenters. The topological polar surface area (TPSA) is 84.2 Å². The Hall–Kier alpha value is -3.56. The molecule has 2 aromatic heterocycles. The van der Waals surface area contributed by atoms with Crippen molar-refractivity contribution in [1.82, 2.24) is 23.8 Å². The molecule has 1 saturated heterocycles. The molecule has 0 saturated carbocycles. The van der Waals surface area contributed by atoms with Gasteiger partial charge in [0, 0.05) is 44.6 Å². The normalized spacial score (nSPS) is 15.1. The van der Waals surface area contributed by atoms with Crippen molar-refractivity contribution in [3.63, 3.8) is 0 Å². The summed E-state index contributed by atoms with van der Waals surface area (Å²) in [7, 11) is -3.55. The maximum absolute atomic E-state index is 13.2. The minimum absolute atomic E-state index is 0.315. The fourth-order valence-corrected chi connectivity index (χ4v) is 5.22. The summed E-state index contributed by atoms with van der Waals surface area (Å²) in [5.74, 6) is 1.49. The van der Waals surface area contributed by atoms with E-state index in [0.29, 0.717) is 31.1 Å². The van der Waals surface area contributed by atoms with Crippen LogP contribution >= 0.6 is 0 Å². The van der Waals surface area contributed by atoms with Crippen LogP contribution in [-0.4, -0.2) is 58.4 Å². The number of aromatic nitrogens is 4. The van der Waals surface area contributed by atoms with Gasteiger partial charge >= 0.3 is 0 Å². The summed E-state index contributed by atoms with van der Waals surface area (Å²) >= 11 is 0. The van der Waals surface area contributed by atoms with E-state index in [2.05, 4.69) is 19.9 Å². The van der Waals surface area contributed by atoms with Crippen molar-refractivity contribution in [3.05, 3.63) is 85.7 Å². The second kappa shape index (κ2) is 8.52. The average Bonchev–Trinajstić information content (AvgIpc) is 3.40. The lowest BCUT2D eigenvalue weighted by Crippen LogP contribution is -2.48. The predicted molar refractivity (Wildman–Crippen MR) is 122 cm³/mol. The van der Waals surface area contributed by atoms with Crippen LogP contribution in [0.5, 0.6) is 0 Å². The number of nitrogens with zero attached hydrogens (tertiary/aromatic N) is 6. The first kappa shape index (κ1) is 20.3. The second-order valence-corrected chi connectivity index (χ2v) is 9.42. The Morgan fingerprint density at radius 1 is 0.781 bits per heavy atom. The Balaban J connectivity index is 1.28. The summed E-state index contributed by atoms with van der Waals surface area (Å²) in [6.45, 7) is 1.91. The number of hydrogen-bond acceptors (Lipinski definition) is 6. The van der Waals surface area contributed by atoms with E-state index in [-0.39, 0.29) is 0 Å². The number of piperazine rings is 1. The van der Waals surface area contributed by atoms with Crippen molar-refractivity contribution in [3.8, 4) is 16.9 Å². The summed E-state index contributed by atoms with van der Waals surface area (Å²) in [6.07, 6.45) is 6.71. The van der Waals surface area contributed by atoms with Crippen LogP contribution in [0.25, 0.3) is 16.9 Å². The zero-order valence-electron chi connectivity index (χ0n) is 17.3. The van der Waals surface area contributed by atoms with Crippen LogP contribution in [0.2, 0.25) is 0 Å². The molecule has 0 radical (unpaired) electrons. The lowest BCUT2D eigenvalue weighted by atomic mass is 10.1. The number of benzene rings is 2. The zero-order valence-corrected chi connectivity index (χ0v) is 18.1. The van der Waals surface area contributed by atoms with E-state index >= 15 is 0 Å². The van der Waals surface area contributed by atoms with Gasteiger partial charge in [0.25, 0.3) is 0 Å². The van der Waals surface area contributed by atoms with E-state index < -0.39 is 10.0 Å². The highest BCUT2D eigenvalue weighted by molar-refractivity contribution is 7.89. The molecule has 0 aliphatic carbocycles. The largest absolute Gasteiger partial charge is 0.354 e. The van der Waals surface area contributed by atoms with Crippen LogP contribution in [0.3, 0.4) is 0 Å². The number of hydrogen-bond donors (Lipinski definition) is 0. The van der Waals surface area contributed by atoms with Gasteiger partial charge in [-0.05, 0) is 23.3 Å². The minimum Gasteiger partial charge on any atom is -0.354 e. The van der Waals surface area contributed by atoms with Crippen LogP contribution in [0, 0.1) is 0 Å². The third kappa shape index (κ3) is 4.00. The molecule has 0 bridgehead atoms. The Bertz CT molecular complexity index is 1280. The summed E-state index contributed by atoms with van der Waals surface area (Å²) in [4.78, 5) is 15.1. The first-order chi connectivity index (χ1) is 15.6. The molecule has 1 fully saturated rings. The molecule has 0 amide bonds. The van der Waals surface area contributed by atoms with Crippen LogP contribution in [-0.2, 0) is 10.0 Å². The molecule has 162 valence electrons. The van der Waals surface area contributed by atoms with Gasteiger partial charge < -0.3 is 4.90 Å². The van der Waals surface area contributed by atoms with Gasteiger partial charge in [0.1, 0.15) is 24.3 Å². The minimum atomic E-state index is -3.55. The highest BCUT2D eigenvalue weighted by Gasteiger charge is 2.29. The van der Waals surface area contributed by atoms with Crippen molar-refractivity contribution in [2.24, 2.45) is 0 Å². The fourth-order valence-electron chi connectivity index (χ4n) is 3.80. The first-order valence-electron chi connectivity index (χ1n) is 10.3.